The van der Waals surface area contributed by atoms with Crippen LogP contribution in [0.5, 0.6) is 5.88 Å². The van der Waals surface area contributed by atoms with E-state index in [-0.39, 0.29) is 30.1 Å². The number of halogens is 1. The van der Waals surface area contributed by atoms with Crippen LogP contribution in [0.15, 0.2) is 18.3 Å². The van der Waals surface area contributed by atoms with Crippen LogP contribution in [0.25, 0.3) is 0 Å². The third-order valence-electron chi connectivity index (χ3n) is 6.04. The highest BCUT2D eigenvalue weighted by molar-refractivity contribution is 5.78. The molecule has 1 atom stereocenters. The first-order valence-electron chi connectivity index (χ1n) is 9.93. The smallest absolute Gasteiger partial charge is 0.250 e. The van der Waals surface area contributed by atoms with Crippen LogP contribution in [-0.2, 0) is 14.3 Å². The average molecular weight is 378 g/mol. The quantitative estimate of drug-likeness (QED) is 0.730. The van der Waals surface area contributed by atoms with Crippen LogP contribution in [0.4, 0.5) is 4.39 Å². The van der Waals surface area contributed by atoms with E-state index in [9.17, 15) is 9.18 Å². The maximum atomic E-state index is 13.6. The third kappa shape index (κ3) is 4.09. The maximum Gasteiger partial charge on any atom is 0.250 e. The Bertz CT molecular complexity index is 659. The topological polar surface area (TPSA) is 60.9 Å². The number of ether oxygens (including phenoxy) is 3. The van der Waals surface area contributed by atoms with E-state index >= 15 is 0 Å². The fraction of sp³-hybridized carbons (Fsp3) is 0.700. The average Bonchev–Trinajstić information content (AvgIpc) is 3.29. The van der Waals surface area contributed by atoms with E-state index in [1.54, 1.807) is 6.07 Å². The molecule has 4 rings (SSSR count). The largest absolute Gasteiger partial charge is 0.476 e. The lowest BCUT2D eigenvalue weighted by atomic mass is 9.79. The van der Waals surface area contributed by atoms with Gasteiger partial charge in [0.1, 0.15) is 12.2 Å². The molecule has 1 aliphatic carbocycles. The first kappa shape index (κ1) is 18.6. The Kier molecular flexibility index (Phi) is 5.59. The first-order chi connectivity index (χ1) is 13.2. The number of carbonyl (C=O) groups excluding carboxylic acids is 1. The van der Waals surface area contributed by atoms with Gasteiger partial charge in [-0.2, -0.15) is 0 Å². The predicted molar refractivity (Wildman–Crippen MR) is 95.9 cm³/mol. The van der Waals surface area contributed by atoms with Gasteiger partial charge in [-0.25, -0.2) is 9.37 Å². The number of hydrogen-bond donors (Lipinski definition) is 0. The van der Waals surface area contributed by atoms with Gasteiger partial charge in [-0.1, -0.05) is 12.8 Å². The molecule has 1 aromatic rings. The van der Waals surface area contributed by atoms with Gasteiger partial charge < -0.3 is 19.1 Å². The first-order valence-corrected chi connectivity index (χ1v) is 9.93. The number of nitrogens with zero attached hydrogens (tertiary/aromatic N) is 2. The van der Waals surface area contributed by atoms with Gasteiger partial charge in [-0.3, -0.25) is 4.79 Å². The van der Waals surface area contributed by atoms with Crippen molar-refractivity contribution in [1.82, 2.24) is 9.88 Å². The lowest BCUT2D eigenvalue weighted by Gasteiger charge is -2.50. The normalized spacial score (nSPS) is 24.3. The highest BCUT2D eigenvalue weighted by Gasteiger charge is 2.54. The molecule has 3 heterocycles. The van der Waals surface area contributed by atoms with Gasteiger partial charge in [-0.05, 0) is 43.7 Å². The van der Waals surface area contributed by atoms with Crippen LogP contribution in [-0.4, -0.2) is 60.4 Å². The number of likely N-dealkylation sites (tertiary alicyclic amines) is 1. The SMILES string of the molecule is O=C(COC1CCCC1)N1CC2(C1)OCC[C@H]2CCOc1ncccc1F. The number of hydrogen-bond acceptors (Lipinski definition) is 5. The van der Waals surface area contributed by atoms with E-state index in [2.05, 4.69) is 4.98 Å². The molecule has 3 fully saturated rings. The molecule has 0 aromatic carbocycles. The summed E-state index contributed by atoms with van der Waals surface area (Å²) in [6.45, 7) is 2.49. The molecule has 0 unspecified atom stereocenters. The number of aromatic nitrogens is 1. The van der Waals surface area contributed by atoms with E-state index in [4.69, 9.17) is 14.2 Å². The second-order valence-corrected chi connectivity index (χ2v) is 7.79. The molecule has 2 saturated heterocycles. The molecular formula is C20H27FN2O4. The molecule has 7 heteroatoms. The Morgan fingerprint density at radius 3 is 2.93 bits per heavy atom. The van der Waals surface area contributed by atoms with Crippen molar-refractivity contribution in [3.8, 4) is 5.88 Å². The number of amides is 1. The van der Waals surface area contributed by atoms with E-state index in [1.807, 2.05) is 4.90 Å². The minimum absolute atomic E-state index is 0.0416. The summed E-state index contributed by atoms with van der Waals surface area (Å²) in [4.78, 5) is 18.1. The monoisotopic (exact) mass is 378 g/mol. The molecule has 1 saturated carbocycles. The second kappa shape index (κ2) is 8.10. The zero-order valence-electron chi connectivity index (χ0n) is 15.6. The van der Waals surface area contributed by atoms with Gasteiger partial charge in [0.2, 0.25) is 11.8 Å². The van der Waals surface area contributed by atoms with E-state index in [1.165, 1.54) is 25.1 Å². The molecule has 0 radical (unpaired) electrons. The molecule has 27 heavy (non-hydrogen) atoms. The van der Waals surface area contributed by atoms with Crippen LogP contribution in [0.1, 0.15) is 38.5 Å². The summed E-state index contributed by atoms with van der Waals surface area (Å²) in [7, 11) is 0. The van der Waals surface area contributed by atoms with Gasteiger partial charge in [0.15, 0.2) is 5.82 Å². The molecule has 0 bridgehead atoms. The van der Waals surface area contributed by atoms with Crippen molar-refractivity contribution in [2.24, 2.45) is 5.92 Å². The fourth-order valence-electron chi connectivity index (χ4n) is 4.43. The van der Waals surface area contributed by atoms with Crippen molar-refractivity contribution in [3.05, 3.63) is 24.1 Å². The molecule has 2 aliphatic heterocycles. The van der Waals surface area contributed by atoms with Crippen molar-refractivity contribution >= 4 is 5.91 Å². The Balaban J connectivity index is 1.22. The highest BCUT2D eigenvalue weighted by atomic mass is 19.1. The van der Waals surface area contributed by atoms with Crippen molar-refractivity contribution in [2.45, 2.75) is 50.2 Å². The van der Waals surface area contributed by atoms with E-state index < -0.39 is 5.82 Å². The van der Waals surface area contributed by atoms with Crippen molar-refractivity contribution in [2.75, 3.05) is 32.9 Å². The van der Waals surface area contributed by atoms with Gasteiger partial charge in [0.25, 0.3) is 0 Å². The highest BCUT2D eigenvalue weighted by Crippen LogP contribution is 2.41. The summed E-state index contributed by atoms with van der Waals surface area (Å²) >= 11 is 0. The Labute approximate surface area is 159 Å². The molecule has 1 aromatic heterocycles. The van der Waals surface area contributed by atoms with Gasteiger partial charge >= 0.3 is 0 Å². The lowest BCUT2D eigenvalue weighted by molar-refractivity contribution is -0.171. The molecule has 6 nitrogen and oxygen atoms in total. The Hall–Kier alpha value is -1.73. The van der Waals surface area contributed by atoms with Crippen molar-refractivity contribution in [1.29, 1.82) is 0 Å². The lowest BCUT2D eigenvalue weighted by Crippen LogP contribution is -2.66. The molecular weight excluding hydrogens is 351 g/mol. The van der Waals surface area contributed by atoms with Crippen LogP contribution < -0.4 is 4.74 Å². The zero-order chi connectivity index (χ0) is 18.7. The van der Waals surface area contributed by atoms with Crippen LogP contribution in [0.3, 0.4) is 0 Å². The Morgan fingerprint density at radius 1 is 1.33 bits per heavy atom. The summed E-state index contributed by atoms with van der Waals surface area (Å²) < 4.78 is 30.8. The molecule has 0 N–H and O–H groups in total. The van der Waals surface area contributed by atoms with Crippen LogP contribution in [0.2, 0.25) is 0 Å². The Morgan fingerprint density at radius 2 is 2.15 bits per heavy atom. The summed E-state index contributed by atoms with van der Waals surface area (Å²) in [6.07, 6.45) is 8.01. The van der Waals surface area contributed by atoms with E-state index in [0.717, 1.165) is 25.7 Å². The number of carbonyl (C=O) groups is 1. The van der Waals surface area contributed by atoms with Gasteiger partial charge in [0.05, 0.1) is 25.8 Å². The number of pyridine rings is 1. The summed E-state index contributed by atoms with van der Waals surface area (Å²) in [5.74, 6) is -0.0461. The van der Waals surface area contributed by atoms with E-state index in [0.29, 0.717) is 32.2 Å². The van der Waals surface area contributed by atoms with Crippen molar-refractivity contribution < 1.29 is 23.4 Å². The van der Waals surface area contributed by atoms with Crippen LogP contribution in [0, 0.1) is 11.7 Å². The van der Waals surface area contributed by atoms with Crippen molar-refractivity contribution in [3.63, 3.8) is 0 Å². The summed E-state index contributed by atoms with van der Waals surface area (Å²) in [6, 6.07) is 2.88. The van der Waals surface area contributed by atoms with Gasteiger partial charge in [-0.15, -0.1) is 0 Å². The predicted octanol–water partition coefficient (Wildman–Crippen LogP) is 2.57. The number of rotatable bonds is 7. The van der Waals surface area contributed by atoms with Gasteiger partial charge in [0, 0.05) is 12.8 Å². The second-order valence-electron chi connectivity index (χ2n) is 7.79. The zero-order valence-corrected chi connectivity index (χ0v) is 15.6. The standard InChI is InChI=1S/C20H27FN2O4/c21-17-6-3-9-22-19(17)25-10-7-15-8-11-27-20(15)13-23(14-20)18(24)12-26-16-4-1-2-5-16/h3,6,9,15-16H,1-2,4-5,7-8,10-14H2/t15-/m1/s1. The maximum absolute atomic E-state index is 13.6. The molecule has 1 amide bonds. The summed E-state index contributed by atoms with van der Waals surface area (Å²) in [5, 5.41) is 0. The molecule has 148 valence electrons. The molecule has 3 aliphatic rings. The third-order valence-corrected chi connectivity index (χ3v) is 6.04. The minimum atomic E-state index is -0.447. The fourth-order valence-corrected chi connectivity index (χ4v) is 4.43. The summed E-state index contributed by atoms with van der Waals surface area (Å²) in [5.41, 5.74) is -0.269. The molecule has 1 spiro atoms. The van der Waals surface area contributed by atoms with Crippen LogP contribution >= 0.6 is 0 Å². The minimum Gasteiger partial charge on any atom is -0.476 e.